The van der Waals surface area contributed by atoms with Crippen molar-refractivity contribution < 1.29 is 14.3 Å². The molecular formula is C22H21N3O4. The predicted octanol–water partition coefficient (Wildman–Crippen LogP) is 3.20. The van der Waals surface area contributed by atoms with E-state index in [9.17, 15) is 9.59 Å². The molecule has 0 atom stereocenters. The molecule has 148 valence electrons. The summed E-state index contributed by atoms with van der Waals surface area (Å²) < 4.78 is 11.9. The largest absolute Gasteiger partial charge is 0.454 e. The number of ether oxygens (including phenoxy) is 2. The monoisotopic (exact) mass is 391 g/mol. The summed E-state index contributed by atoms with van der Waals surface area (Å²) in [5, 5.41) is 7.25. The molecule has 0 fully saturated rings. The van der Waals surface area contributed by atoms with Gasteiger partial charge in [0.25, 0.3) is 5.56 Å². The van der Waals surface area contributed by atoms with Crippen LogP contribution >= 0.6 is 0 Å². The summed E-state index contributed by atoms with van der Waals surface area (Å²) in [6.07, 6.45) is 0. The number of carbonyl (C=O) groups is 1. The number of carbonyl (C=O) groups excluding carboxylic acids is 1. The molecule has 1 amide bonds. The van der Waals surface area contributed by atoms with Crippen LogP contribution in [-0.4, -0.2) is 22.5 Å². The number of hydrogen-bond donors (Lipinski definition) is 1. The van der Waals surface area contributed by atoms with Crippen molar-refractivity contribution in [1.29, 1.82) is 0 Å². The molecule has 0 aliphatic carbocycles. The Bertz CT molecular complexity index is 1140. The lowest BCUT2D eigenvalue weighted by Crippen LogP contribution is -2.29. The van der Waals surface area contributed by atoms with E-state index in [1.54, 1.807) is 18.2 Å². The molecule has 0 saturated carbocycles. The van der Waals surface area contributed by atoms with Crippen LogP contribution in [-0.2, 0) is 11.3 Å². The maximum atomic E-state index is 12.6. The number of aromatic nitrogens is 2. The van der Waals surface area contributed by atoms with Gasteiger partial charge in [-0.3, -0.25) is 9.59 Å². The Morgan fingerprint density at radius 1 is 1.03 bits per heavy atom. The molecule has 7 heteroatoms. The third kappa shape index (κ3) is 3.85. The summed E-state index contributed by atoms with van der Waals surface area (Å²) in [6.45, 7) is 5.91. The molecule has 3 aromatic rings. The first-order valence-electron chi connectivity index (χ1n) is 9.26. The summed E-state index contributed by atoms with van der Waals surface area (Å²) in [6, 6.07) is 12.5. The van der Waals surface area contributed by atoms with Gasteiger partial charge in [-0.15, -0.1) is 0 Å². The molecule has 7 nitrogen and oxygen atoms in total. The van der Waals surface area contributed by atoms with Crippen LogP contribution in [0.3, 0.4) is 0 Å². The first-order chi connectivity index (χ1) is 13.9. The third-order valence-electron chi connectivity index (χ3n) is 4.77. The molecule has 0 spiro atoms. The number of amides is 1. The van der Waals surface area contributed by atoms with E-state index in [1.165, 1.54) is 6.07 Å². The third-order valence-corrected chi connectivity index (χ3v) is 4.77. The zero-order valence-electron chi connectivity index (χ0n) is 16.5. The van der Waals surface area contributed by atoms with Gasteiger partial charge in [-0.1, -0.05) is 17.7 Å². The predicted molar refractivity (Wildman–Crippen MR) is 109 cm³/mol. The van der Waals surface area contributed by atoms with Crippen molar-refractivity contribution >= 4 is 11.6 Å². The lowest BCUT2D eigenvalue weighted by molar-refractivity contribution is -0.117. The summed E-state index contributed by atoms with van der Waals surface area (Å²) >= 11 is 0. The highest BCUT2D eigenvalue weighted by Crippen LogP contribution is 2.35. The number of nitrogens with one attached hydrogen (secondary N) is 1. The smallest absolute Gasteiger partial charge is 0.267 e. The Balaban J connectivity index is 1.57. The van der Waals surface area contributed by atoms with Crippen molar-refractivity contribution in [2.24, 2.45) is 0 Å². The van der Waals surface area contributed by atoms with Gasteiger partial charge in [-0.2, -0.15) is 5.10 Å². The fourth-order valence-corrected chi connectivity index (χ4v) is 3.46. The molecular weight excluding hydrogens is 370 g/mol. The van der Waals surface area contributed by atoms with Crippen LogP contribution in [0.1, 0.15) is 16.7 Å². The van der Waals surface area contributed by atoms with Gasteiger partial charge in [-0.25, -0.2) is 4.68 Å². The number of anilines is 1. The van der Waals surface area contributed by atoms with Crippen LogP contribution in [0.5, 0.6) is 11.5 Å². The fraction of sp³-hybridized carbons (Fsp3) is 0.227. The van der Waals surface area contributed by atoms with Crippen LogP contribution in [0.2, 0.25) is 0 Å². The summed E-state index contributed by atoms with van der Waals surface area (Å²) in [7, 11) is 0. The van der Waals surface area contributed by atoms with Gasteiger partial charge >= 0.3 is 0 Å². The van der Waals surface area contributed by atoms with Crippen molar-refractivity contribution in [3.63, 3.8) is 0 Å². The molecule has 2 heterocycles. The molecule has 1 N–H and O–H groups in total. The first kappa shape index (κ1) is 18.7. The highest BCUT2D eigenvalue weighted by atomic mass is 16.7. The van der Waals surface area contributed by atoms with Crippen molar-refractivity contribution in [2.45, 2.75) is 27.3 Å². The van der Waals surface area contributed by atoms with Crippen molar-refractivity contribution in [3.05, 3.63) is 69.5 Å². The van der Waals surface area contributed by atoms with Crippen LogP contribution < -0.4 is 20.3 Å². The van der Waals surface area contributed by atoms with Crippen LogP contribution in [0, 0.1) is 20.8 Å². The van der Waals surface area contributed by atoms with Gasteiger partial charge in [0.05, 0.1) is 5.69 Å². The maximum absolute atomic E-state index is 12.6. The SMILES string of the molecule is Cc1cc(C)c(NC(=O)Cn2nc(-c3ccc4c(c3)OCO4)ccc2=O)c(C)c1. The van der Waals surface area contributed by atoms with E-state index in [1.807, 2.05) is 39.0 Å². The average Bonchev–Trinajstić information content (AvgIpc) is 3.14. The Labute approximate surface area is 167 Å². The second kappa shape index (κ2) is 7.43. The Morgan fingerprint density at radius 2 is 1.76 bits per heavy atom. The van der Waals surface area contributed by atoms with E-state index in [0.29, 0.717) is 17.2 Å². The molecule has 4 rings (SSSR count). The van der Waals surface area contributed by atoms with E-state index in [0.717, 1.165) is 32.6 Å². The molecule has 0 bridgehead atoms. The van der Waals surface area contributed by atoms with E-state index < -0.39 is 0 Å². The number of aryl methyl sites for hydroxylation is 3. The van der Waals surface area contributed by atoms with Crippen LogP contribution in [0.15, 0.2) is 47.3 Å². The molecule has 29 heavy (non-hydrogen) atoms. The average molecular weight is 391 g/mol. The minimum atomic E-state index is -0.345. The van der Waals surface area contributed by atoms with Gasteiger partial charge < -0.3 is 14.8 Å². The molecule has 0 saturated heterocycles. The highest BCUT2D eigenvalue weighted by molar-refractivity contribution is 5.92. The number of rotatable bonds is 4. The van der Waals surface area contributed by atoms with E-state index in [4.69, 9.17) is 9.47 Å². The zero-order valence-corrected chi connectivity index (χ0v) is 16.5. The summed E-state index contributed by atoms with van der Waals surface area (Å²) in [5.74, 6) is 0.993. The first-order valence-corrected chi connectivity index (χ1v) is 9.26. The Kier molecular flexibility index (Phi) is 4.80. The summed E-state index contributed by atoms with van der Waals surface area (Å²) in [4.78, 5) is 24.8. The number of hydrogen-bond acceptors (Lipinski definition) is 5. The van der Waals surface area contributed by atoms with Gasteiger partial charge in [0, 0.05) is 17.3 Å². The quantitative estimate of drug-likeness (QED) is 0.739. The lowest BCUT2D eigenvalue weighted by atomic mass is 10.1. The molecule has 2 aromatic carbocycles. The standard InChI is InChI=1S/C22H21N3O4/c1-13-8-14(2)22(15(3)9-13)23-20(26)11-25-21(27)7-5-17(24-25)16-4-6-18-19(10-16)29-12-28-18/h4-10H,11-12H2,1-3H3,(H,23,26). The normalized spacial score (nSPS) is 12.1. The number of benzene rings is 2. The zero-order chi connectivity index (χ0) is 20.5. The fourth-order valence-electron chi connectivity index (χ4n) is 3.46. The summed E-state index contributed by atoms with van der Waals surface area (Å²) in [5.41, 5.74) is 4.84. The minimum absolute atomic E-state index is 0.177. The van der Waals surface area contributed by atoms with E-state index >= 15 is 0 Å². The van der Waals surface area contributed by atoms with Crippen LogP contribution in [0.4, 0.5) is 5.69 Å². The molecule has 1 aliphatic rings. The number of nitrogens with zero attached hydrogens (tertiary/aromatic N) is 2. The van der Waals surface area contributed by atoms with Gasteiger partial charge in [-0.05, 0) is 56.2 Å². The molecule has 1 aromatic heterocycles. The topological polar surface area (TPSA) is 82.5 Å². The molecule has 1 aliphatic heterocycles. The van der Waals surface area contributed by atoms with Gasteiger partial charge in [0.2, 0.25) is 12.7 Å². The van der Waals surface area contributed by atoms with Gasteiger partial charge in [0.15, 0.2) is 11.5 Å². The van der Waals surface area contributed by atoms with Crippen molar-refractivity contribution in [3.8, 4) is 22.8 Å². The number of fused-ring (bicyclic) bond motifs is 1. The minimum Gasteiger partial charge on any atom is -0.454 e. The van der Waals surface area contributed by atoms with Crippen LogP contribution in [0.25, 0.3) is 11.3 Å². The molecule has 0 radical (unpaired) electrons. The maximum Gasteiger partial charge on any atom is 0.267 e. The molecule has 0 unspecified atom stereocenters. The highest BCUT2D eigenvalue weighted by Gasteiger charge is 2.16. The van der Waals surface area contributed by atoms with Crippen molar-refractivity contribution in [1.82, 2.24) is 9.78 Å². The van der Waals surface area contributed by atoms with E-state index in [2.05, 4.69) is 10.4 Å². The lowest BCUT2D eigenvalue weighted by Gasteiger charge is -2.13. The second-order valence-electron chi connectivity index (χ2n) is 7.10. The van der Waals surface area contributed by atoms with E-state index in [-0.39, 0.29) is 24.8 Å². The second-order valence-corrected chi connectivity index (χ2v) is 7.10. The Hall–Kier alpha value is -3.61. The van der Waals surface area contributed by atoms with Gasteiger partial charge in [0.1, 0.15) is 6.54 Å². The van der Waals surface area contributed by atoms with Crippen molar-refractivity contribution in [2.75, 3.05) is 12.1 Å². The Morgan fingerprint density at radius 3 is 2.52 bits per heavy atom.